The van der Waals surface area contributed by atoms with E-state index in [0.29, 0.717) is 32.7 Å². The molecular weight excluding hydrogens is 547 g/mol. The molecular formula is C24H19BrCl2N2O5. The van der Waals surface area contributed by atoms with Crippen LogP contribution in [-0.4, -0.2) is 31.3 Å². The molecule has 0 aliphatic carbocycles. The Labute approximate surface area is 214 Å². The van der Waals surface area contributed by atoms with E-state index in [9.17, 15) is 9.59 Å². The Hall–Kier alpha value is -3.07. The van der Waals surface area contributed by atoms with Crippen LogP contribution in [0.4, 0.5) is 0 Å². The van der Waals surface area contributed by atoms with Crippen LogP contribution in [0, 0.1) is 0 Å². The number of halogens is 3. The summed E-state index contributed by atoms with van der Waals surface area (Å²) in [5.41, 5.74) is 3.39. The van der Waals surface area contributed by atoms with Gasteiger partial charge in [0, 0.05) is 9.50 Å². The maximum atomic E-state index is 12.4. The predicted molar refractivity (Wildman–Crippen MR) is 134 cm³/mol. The van der Waals surface area contributed by atoms with E-state index in [1.807, 2.05) is 6.07 Å². The molecule has 0 spiro atoms. The Kier molecular flexibility index (Phi) is 8.92. The molecule has 0 fully saturated rings. The van der Waals surface area contributed by atoms with Gasteiger partial charge in [0.05, 0.1) is 23.9 Å². The van der Waals surface area contributed by atoms with Crippen LogP contribution in [0.15, 0.2) is 70.2 Å². The fraction of sp³-hybridized carbons (Fsp3) is 0.125. The number of nitrogens with zero attached hydrogens (tertiary/aromatic N) is 1. The van der Waals surface area contributed by atoms with E-state index in [1.54, 1.807) is 55.5 Å². The second kappa shape index (κ2) is 11.9. The Morgan fingerprint density at radius 2 is 1.79 bits per heavy atom. The van der Waals surface area contributed by atoms with Gasteiger partial charge in [0.1, 0.15) is 5.75 Å². The SMILES string of the molecule is COc1cc(/C=N\NC(=O)[C@H](C)Oc2ccc(Cl)cc2Cl)ccc1OC(=O)c1cccc(Br)c1. The monoisotopic (exact) mass is 564 g/mol. The van der Waals surface area contributed by atoms with Gasteiger partial charge in [0.15, 0.2) is 17.6 Å². The van der Waals surface area contributed by atoms with Gasteiger partial charge in [-0.05, 0) is 67.1 Å². The molecule has 0 aliphatic heterocycles. The minimum absolute atomic E-state index is 0.246. The van der Waals surface area contributed by atoms with Crippen LogP contribution < -0.4 is 19.6 Å². The summed E-state index contributed by atoms with van der Waals surface area (Å²) in [7, 11) is 1.45. The number of nitrogens with one attached hydrogen (secondary N) is 1. The number of carbonyl (C=O) groups excluding carboxylic acids is 2. The van der Waals surface area contributed by atoms with Crippen molar-refractivity contribution in [2.75, 3.05) is 7.11 Å². The van der Waals surface area contributed by atoms with Crippen molar-refractivity contribution in [2.24, 2.45) is 5.10 Å². The van der Waals surface area contributed by atoms with Gasteiger partial charge in [-0.2, -0.15) is 5.10 Å². The number of hydrazone groups is 1. The Morgan fingerprint density at radius 3 is 2.50 bits per heavy atom. The predicted octanol–water partition coefficient (Wildman–Crippen LogP) is 5.90. The number of amides is 1. The van der Waals surface area contributed by atoms with Crippen LogP contribution in [-0.2, 0) is 4.79 Å². The summed E-state index contributed by atoms with van der Waals surface area (Å²) in [6, 6.07) is 16.4. The van der Waals surface area contributed by atoms with Gasteiger partial charge < -0.3 is 14.2 Å². The lowest BCUT2D eigenvalue weighted by Crippen LogP contribution is -2.33. The van der Waals surface area contributed by atoms with Gasteiger partial charge in [0.25, 0.3) is 5.91 Å². The first kappa shape index (κ1) is 25.6. The molecule has 176 valence electrons. The van der Waals surface area contributed by atoms with Crippen molar-refractivity contribution >= 4 is 57.2 Å². The third-order valence-corrected chi connectivity index (χ3v) is 5.43. The largest absolute Gasteiger partial charge is 0.493 e. The third-order valence-electron chi connectivity index (χ3n) is 4.41. The molecule has 0 saturated carbocycles. The summed E-state index contributed by atoms with van der Waals surface area (Å²) in [6.45, 7) is 1.56. The summed E-state index contributed by atoms with van der Waals surface area (Å²) >= 11 is 15.2. The van der Waals surface area contributed by atoms with Crippen molar-refractivity contribution < 1.29 is 23.8 Å². The van der Waals surface area contributed by atoms with Crippen LogP contribution in [0.2, 0.25) is 10.0 Å². The number of benzene rings is 3. The first-order valence-electron chi connectivity index (χ1n) is 9.87. The molecule has 0 unspecified atom stereocenters. The standard InChI is InChI=1S/C24H19BrCl2N2O5/c1-14(33-20-9-7-18(26)12-19(20)27)23(30)29-28-13-15-6-8-21(22(10-15)32-2)34-24(31)16-4-3-5-17(25)11-16/h3-14H,1-2H3,(H,29,30)/b28-13-/t14-/m0/s1. The summed E-state index contributed by atoms with van der Waals surface area (Å²) in [5, 5.41) is 4.69. The number of carbonyl (C=O) groups is 2. The Balaban J connectivity index is 1.61. The first-order chi connectivity index (χ1) is 16.3. The topological polar surface area (TPSA) is 86.2 Å². The highest BCUT2D eigenvalue weighted by atomic mass is 79.9. The molecule has 0 bridgehead atoms. The van der Waals surface area contributed by atoms with Gasteiger partial charge in [-0.3, -0.25) is 4.79 Å². The fourth-order valence-electron chi connectivity index (χ4n) is 2.70. The van der Waals surface area contributed by atoms with Gasteiger partial charge in [0.2, 0.25) is 0 Å². The molecule has 3 aromatic carbocycles. The summed E-state index contributed by atoms with van der Waals surface area (Å²) in [6.07, 6.45) is 0.563. The number of rotatable bonds is 8. The number of methoxy groups -OCH3 is 1. The van der Waals surface area contributed by atoms with Crippen molar-refractivity contribution in [3.05, 3.63) is 86.3 Å². The van der Waals surface area contributed by atoms with E-state index in [2.05, 4.69) is 26.5 Å². The van der Waals surface area contributed by atoms with E-state index >= 15 is 0 Å². The van der Waals surface area contributed by atoms with E-state index in [0.717, 1.165) is 4.47 Å². The summed E-state index contributed by atoms with van der Waals surface area (Å²) in [5.74, 6) is -0.101. The van der Waals surface area contributed by atoms with Crippen LogP contribution in [0.5, 0.6) is 17.2 Å². The molecule has 34 heavy (non-hydrogen) atoms. The van der Waals surface area contributed by atoms with Crippen molar-refractivity contribution in [2.45, 2.75) is 13.0 Å². The number of ether oxygens (including phenoxy) is 3. The lowest BCUT2D eigenvalue weighted by atomic mass is 10.2. The molecule has 3 rings (SSSR count). The zero-order chi connectivity index (χ0) is 24.7. The maximum Gasteiger partial charge on any atom is 0.343 e. The second-order valence-electron chi connectivity index (χ2n) is 6.88. The lowest BCUT2D eigenvalue weighted by Gasteiger charge is -2.14. The van der Waals surface area contributed by atoms with Crippen molar-refractivity contribution in [3.63, 3.8) is 0 Å². The van der Waals surface area contributed by atoms with Crippen molar-refractivity contribution in [1.29, 1.82) is 0 Å². The highest BCUT2D eigenvalue weighted by molar-refractivity contribution is 9.10. The fourth-order valence-corrected chi connectivity index (χ4v) is 3.55. The minimum atomic E-state index is -0.856. The number of hydrogen-bond donors (Lipinski definition) is 1. The van der Waals surface area contributed by atoms with Crippen LogP contribution in [0.3, 0.4) is 0 Å². The maximum absolute atomic E-state index is 12.4. The van der Waals surface area contributed by atoms with Crippen molar-refractivity contribution in [1.82, 2.24) is 5.43 Å². The molecule has 3 aromatic rings. The third kappa shape index (κ3) is 6.96. The molecule has 1 N–H and O–H groups in total. The average Bonchev–Trinajstić information content (AvgIpc) is 2.81. The Bertz CT molecular complexity index is 1240. The van der Waals surface area contributed by atoms with Crippen LogP contribution in [0.25, 0.3) is 0 Å². The van der Waals surface area contributed by atoms with Gasteiger partial charge >= 0.3 is 5.97 Å². The van der Waals surface area contributed by atoms with Crippen LogP contribution in [0.1, 0.15) is 22.8 Å². The highest BCUT2D eigenvalue weighted by Crippen LogP contribution is 2.29. The first-order valence-corrected chi connectivity index (χ1v) is 11.4. The van der Waals surface area contributed by atoms with Gasteiger partial charge in [-0.25, -0.2) is 10.2 Å². The summed E-state index contributed by atoms with van der Waals surface area (Å²) < 4.78 is 17.1. The smallest absolute Gasteiger partial charge is 0.343 e. The lowest BCUT2D eigenvalue weighted by molar-refractivity contribution is -0.127. The quantitative estimate of drug-likeness (QED) is 0.159. The number of hydrogen-bond acceptors (Lipinski definition) is 6. The molecule has 1 amide bonds. The van der Waals surface area contributed by atoms with Gasteiger partial charge in [-0.15, -0.1) is 0 Å². The van der Waals surface area contributed by atoms with E-state index in [4.69, 9.17) is 37.4 Å². The number of esters is 1. The zero-order valence-corrected chi connectivity index (χ0v) is 21.1. The molecule has 0 radical (unpaired) electrons. The molecule has 0 heterocycles. The average molecular weight is 566 g/mol. The summed E-state index contributed by atoms with van der Waals surface area (Å²) in [4.78, 5) is 24.7. The normalized spacial score (nSPS) is 11.7. The second-order valence-corrected chi connectivity index (χ2v) is 8.64. The molecule has 10 heteroatoms. The minimum Gasteiger partial charge on any atom is -0.493 e. The molecule has 0 aromatic heterocycles. The zero-order valence-electron chi connectivity index (χ0n) is 18.1. The van der Waals surface area contributed by atoms with Crippen LogP contribution >= 0.6 is 39.1 Å². The molecule has 0 saturated heterocycles. The van der Waals surface area contributed by atoms with Gasteiger partial charge in [-0.1, -0.05) is 45.2 Å². The Morgan fingerprint density at radius 1 is 1.03 bits per heavy atom. The van der Waals surface area contributed by atoms with E-state index in [1.165, 1.54) is 19.4 Å². The molecule has 7 nitrogen and oxygen atoms in total. The van der Waals surface area contributed by atoms with Crippen molar-refractivity contribution in [3.8, 4) is 17.2 Å². The molecule has 1 atom stereocenters. The molecule has 0 aliphatic rings. The highest BCUT2D eigenvalue weighted by Gasteiger charge is 2.16. The van der Waals surface area contributed by atoms with E-state index in [-0.39, 0.29) is 5.75 Å². The van der Waals surface area contributed by atoms with E-state index < -0.39 is 18.0 Å².